The first-order valence-electron chi connectivity index (χ1n) is 7.33. The van der Waals surface area contributed by atoms with Crippen molar-refractivity contribution in [3.8, 4) is 11.5 Å². The van der Waals surface area contributed by atoms with E-state index in [2.05, 4.69) is 15.8 Å². The lowest BCUT2D eigenvalue weighted by atomic mass is 10.2. The lowest BCUT2D eigenvalue weighted by Gasteiger charge is -2.05. The van der Waals surface area contributed by atoms with Gasteiger partial charge in [-0.2, -0.15) is 5.10 Å². The maximum Gasteiger partial charge on any atom is 0.259 e. The van der Waals surface area contributed by atoms with Gasteiger partial charge in [0.15, 0.2) is 0 Å². The third-order valence-corrected chi connectivity index (χ3v) is 3.96. The van der Waals surface area contributed by atoms with Crippen LogP contribution in [0.1, 0.15) is 15.9 Å². The Balaban J connectivity index is 1.87. The van der Waals surface area contributed by atoms with E-state index >= 15 is 0 Å². The number of amides is 2. The zero-order chi connectivity index (χ0) is 19.1. The molecule has 136 valence electrons. The SMILES string of the molecule is COc1ccc(O)c(C=NNC(=O)CNC(=O)c2ccc(Cl)c(Cl)c2)c1. The van der Waals surface area contributed by atoms with Gasteiger partial charge in [0.2, 0.25) is 0 Å². The lowest BCUT2D eigenvalue weighted by Crippen LogP contribution is -2.34. The highest BCUT2D eigenvalue weighted by Crippen LogP contribution is 2.22. The Bertz CT molecular complexity index is 856. The van der Waals surface area contributed by atoms with Crippen molar-refractivity contribution in [3.05, 3.63) is 57.6 Å². The van der Waals surface area contributed by atoms with Crippen LogP contribution in [0.25, 0.3) is 0 Å². The van der Waals surface area contributed by atoms with Gasteiger partial charge >= 0.3 is 0 Å². The first-order valence-corrected chi connectivity index (χ1v) is 8.08. The van der Waals surface area contributed by atoms with E-state index in [1.54, 1.807) is 12.1 Å². The number of nitrogens with one attached hydrogen (secondary N) is 2. The number of aromatic hydroxyl groups is 1. The Morgan fingerprint density at radius 2 is 1.96 bits per heavy atom. The molecule has 0 saturated carbocycles. The smallest absolute Gasteiger partial charge is 0.259 e. The molecule has 0 radical (unpaired) electrons. The molecule has 0 aromatic heterocycles. The van der Waals surface area contributed by atoms with Crippen molar-refractivity contribution in [2.75, 3.05) is 13.7 Å². The fraction of sp³-hybridized carbons (Fsp3) is 0.118. The second-order valence-electron chi connectivity index (χ2n) is 5.03. The van der Waals surface area contributed by atoms with Crippen molar-refractivity contribution in [2.45, 2.75) is 0 Å². The lowest BCUT2D eigenvalue weighted by molar-refractivity contribution is -0.120. The average molecular weight is 396 g/mol. The van der Waals surface area contributed by atoms with E-state index in [1.807, 2.05) is 0 Å². The highest BCUT2D eigenvalue weighted by atomic mass is 35.5. The molecule has 2 rings (SSSR count). The molecular weight excluding hydrogens is 381 g/mol. The maximum absolute atomic E-state index is 11.9. The number of methoxy groups -OCH3 is 1. The van der Waals surface area contributed by atoms with Crippen molar-refractivity contribution in [3.63, 3.8) is 0 Å². The molecule has 0 aliphatic carbocycles. The number of hydrogen-bond donors (Lipinski definition) is 3. The number of carbonyl (C=O) groups excluding carboxylic acids is 2. The summed E-state index contributed by atoms with van der Waals surface area (Å²) < 4.78 is 5.03. The second-order valence-corrected chi connectivity index (χ2v) is 5.84. The number of phenols is 1. The molecular formula is C17H15Cl2N3O4. The Hall–Kier alpha value is -2.77. The van der Waals surface area contributed by atoms with Crippen LogP contribution in [0.3, 0.4) is 0 Å². The molecule has 0 atom stereocenters. The van der Waals surface area contributed by atoms with E-state index in [0.717, 1.165) is 0 Å². The van der Waals surface area contributed by atoms with Gasteiger partial charge < -0.3 is 15.2 Å². The number of phenolic OH excluding ortho intramolecular Hbond substituents is 1. The molecule has 2 aromatic carbocycles. The van der Waals surface area contributed by atoms with Crippen LogP contribution in [0.5, 0.6) is 11.5 Å². The van der Waals surface area contributed by atoms with Crippen LogP contribution in [0.4, 0.5) is 0 Å². The summed E-state index contributed by atoms with van der Waals surface area (Å²) in [4.78, 5) is 23.7. The normalized spacial score (nSPS) is 10.6. The van der Waals surface area contributed by atoms with Crippen molar-refractivity contribution in [1.82, 2.24) is 10.7 Å². The molecule has 9 heteroatoms. The minimum atomic E-state index is -0.544. The van der Waals surface area contributed by atoms with E-state index in [0.29, 0.717) is 16.3 Å². The summed E-state index contributed by atoms with van der Waals surface area (Å²) in [6.45, 7) is -0.291. The standard InChI is InChI=1S/C17H15Cl2N3O4/c1-26-12-3-5-15(23)11(6-12)8-21-22-16(24)9-20-17(25)10-2-4-13(18)14(19)7-10/h2-8,23H,9H2,1H3,(H,20,25)(H,22,24). The van der Waals surface area contributed by atoms with E-state index in [1.165, 1.54) is 37.6 Å². The molecule has 0 fully saturated rings. The second kappa shape index (κ2) is 9.07. The molecule has 2 aromatic rings. The zero-order valence-corrected chi connectivity index (χ0v) is 15.1. The first-order chi connectivity index (χ1) is 12.4. The Labute approximate surface area is 159 Å². The van der Waals surface area contributed by atoms with Crippen molar-refractivity contribution < 1.29 is 19.4 Å². The predicted octanol–water partition coefficient (Wildman–Crippen LogP) is 2.59. The van der Waals surface area contributed by atoms with Gasteiger partial charge in [-0.1, -0.05) is 23.2 Å². The summed E-state index contributed by atoms with van der Waals surface area (Å²) in [6, 6.07) is 8.97. The number of ether oxygens (including phenoxy) is 1. The number of carbonyl (C=O) groups is 2. The van der Waals surface area contributed by atoms with Crippen LogP contribution in [0.15, 0.2) is 41.5 Å². The summed E-state index contributed by atoms with van der Waals surface area (Å²) in [7, 11) is 1.49. The van der Waals surface area contributed by atoms with Crippen LogP contribution >= 0.6 is 23.2 Å². The number of nitrogens with zero attached hydrogens (tertiary/aromatic N) is 1. The van der Waals surface area contributed by atoms with Crippen molar-refractivity contribution in [2.24, 2.45) is 5.10 Å². The van der Waals surface area contributed by atoms with Crippen LogP contribution < -0.4 is 15.5 Å². The fourth-order valence-electron chi connectivity index (χ4n) is 1.88. The van der Waals surface area contributed by atoms with E-state index in [4.69, 9.17) is 27.9 Å². The predicted molar refractivity (Wildman–Crippen MR) is 99.2 cm³/mol. The van der Waals surface area contributed by atoms with Gasteiger partial charge in [0.25, 0.3) is 11.8 Å². The topological polar surface area (TPSA) is 100 Å². The molecule has 7 nitrogen and oxygen atoms in total. The molecule has 0 saturated heterocycles. The third-order valence-electron chi connectivity index (χ3n) is 3.22. The third kappa shape index (κ3) is 5.37. The van der Waals surface area contributed by atoms with Gasteiger partial charge in [-0.05, 0) is 36.4 Å². The molecule has 0 unspecified atom stereocenters. The van der Waals surface area contributed by atoms with Crippen molar-refractivity contribution >= 4 is 41.2 Å². The van der Waals surface area contributed by atoms with Gasteiger partial charge in [0.05, 0.1) is 29.9 Å². The van der Waals surface area contributed by atoms with Crippen LogP contribution in [-0.2, 0) is 4.79 Å². The molecule has 2 amide bonds. The van der Waals surface area contributed by atoms with Gasteiger partial charge in [0.1, 0.15) is 11.5 Å². The Kier molecular flexibility index (Phi) is 6.82. The van der Waals surface area contributed by atoms with Gasteiger partial charge in [0, 0.05) is 11.1 Å². The Morgan fingerprint density at radius 3 is 2.65 bits per heavy atom. The van der Waals surface area contributed by atoms with Gasteiger partial charge in [-0.25, -0.2) is 5.43 Å². The molecule has 0 aliphatic rings. The molecule has 3 N–H and O–H groups in total. The summed E-state index contributed by atoms with van der Waals surface area (Å²) >= 11 is 11.6. The van der Waals surface area contributed by atoms with Crippen LogP contribution in [0, 0.1) is 0 Å². The number of hydrazone groups is 1. The number of hydrogen-bond acceptors (Lipinski definition) is 5. The molecule has 0 heterocycles. The summed E-state index contributed by atoms with van der Waals surface area (Å²) in [5.41, 5.74) is 2.88. The maximum atomic E-state index is 11.9. The molecule has 0 bridgehead atoms. The van der Waals surface area contributed by atoms with Crippen molar-refractivity contribution in [1.29, 1.82) is 0 Å². The summed E-state index contributed by atoms with van der Waals surface area (Å²) in [6.07, 6.45) is 1.26. The van der Waals surface area contributed by atoms with Crippen LogP contribution in [-0.4, -0.2) is 36.8 Å². The summed E-state index contributed by atoms with van der Waals surface area (Å²) in [5, 5.41) is 16.4. The minimum absolute atomic E-state index is 0.0169. The quantitative estimate of drug-likeness (QED) is 0.516. The molecule has 0 spiro atoms. The van der Waals surface area contributed by atoms with Crippen LogP contribution in [0.2, 0.25) is 10.0 Å². The monoisotopic (exact) mass is 395 g/mol. The number of benzene rings is 2. The van der Waals surface area contributed by atoms with Gasteiger partial charge in [-0.15, -0.1) is 0 Å². The fourth-order valence-corrected chi connectivity index (χ4v) is 2.17. The highest BCUT2D eigenvalue weighted by Gasteiger charge is 2.09. The van der Waals surface area contributed by atoms with E-state index in [-0.39, 0.29) is 22.9 Å². The molecule has 26 heavy (non-hydrogen) atoms. The summed E-state index contributed by atoms with van der Waals surface area (Å²) in [5.74, 6) is -0.508. The Morgan fingerprint density at radius 1 is 1.19 bits per heavy atom. The largest absolute Gasteiger partial charge is 0.507 e. The molecule has 0 aliphatic heterocycles. The minimum Gasteiger partial charge on any atom is -0.507 e. The first kappa shape index (κ1) is 19.6. The van der Waals surface area contributed by atoms with E-state index in [9.17, 15) is 14.7 Å². The zero-order valence-electron chi connectivity index (χ0n) is 13.6. The number of rotatable bonds is 6. The van der Waals surface area contributed by atoms with E-state index < -0.39 is 11.8 Å². The van der Waals surface area contributed by atoms with Gasteiger partial charge in [-0.3, -0.25) is 9.59 Å². The average Bonchev–Trinajstić information content (AvgIpc) is 2.63. The highest BCUT2D eigenvalue weighted by molar-refractivity contribution is 6.42. The number of halogens is 2.